The van der Waals surface area contributed by atoms with Gasteiger partial charge in [0.05, 0.1) is 11.3 Å². The van der Waals surface area contributed by atoms with E-state index in [4.69, 9.17) is 5.11 Å². The highest BCUT2D eigenvalue weighted by Gasteiger charge is 2.39. The largest absolute Gasteiger partial charge is 0.396 e. The topological polar surface area (TPSA) is 78.4 Å². The van der Waals surface area contributed by atoms with E-state index in [0.29, 0.717) is 18.0 Å². The maximum Gasteiger partial charge on any atom is 0.253 e. The van der Waals surface area contributed by atoms with Crippen molar-refractivity contribution in [1.82, 2.24) is 5.32 Å². The van der Waals surface area contributed by atoms with Crippen molar-refractivity contribution in [1.29, 1.82) is 0 Å². The molecule has 6 heteroatoms. The fourth-order valence-corrected chi connectivity index (χ4v) is 2.99. The molecule has 0 bridgehead atoms. The lowest BCUT2D eigenvalue weighted by atomic mass is 10.1. The highest BCUT2D eigenvalue weighted by atomic mass is 19.1. The molecule has 0 radical (unpaired) electrons. The van der Waals surface area contributed by atoms with Gasteiger partial charge in [0.2, 0.25) is 5.91 Å². The zero-order valence-corrected chi connectivity index (χ0v) is 13.5. The van der Waals surface area contributed by atoms with E-state index in [1.807, 2.05) is 19.1 Å². The molecule has 0 aliphatic heterocycles. The van der Waals surface area contributed by atoms with Crippen LogP contribution in [0.1, 0.15) is 30.1 Å². The molecule has 0 saturated heterocycles. The van der Waals surface area contributed by atoms with E-state index in [0.717, 1.165) is 12.5 Å². The average Bonchev–Trinajstić information content (AvgIpc) is 3.12. The zero-order valence-electron chi connectivity index (χ0n) is 13.5. The van der Waals surface area contributed by atoms with Gasteiger partial charge in [-0.1, -0.05) is 19.1 Å². The second kappa shape index (κ2) is 6.73. The summed E-state index contributed by atoms with van der Waals surface area (Å²) in [7, 11) is 0. The maximum atomic E-state index is 13.6. The first kappa shape index (κ1) is 16.6. The molecule has 0 aromatic heterocycles. The number of aliphatic hydroxyl groups excluding tert-OH is 1. The van der Waals surface area contributed by atoms with E-state index in [1.54, 1.807) is 0 Å². The Morgan fingerprint density at radius 3 is 2.67 bits per heavy atom. The molecule has 3 rings (SSSR count). The number of halogens is 1. The van der Waals surface area contributed by atoms with Crippen molar-refractivity contribution < 1.29 is 19.1 Å². The molecule has 0 heterocycles. The number of carbonyl (C=O) groups excluding carboxylic acids is 2. The van der Waals surface area contributed by atoms with Crippen LogP contribution in [-0.2, 0) is 4.79 Å². The SMILES string of the molecule is C[C@H]1C[C@H]1C(=O)Nc1ccc(F)cc1C(=O)N[C@@H]1C=C[C@H](CO)C1. The molecular weight excluding hydrogens is 311 g/mol. The first-order chi connectivity index (χ1) is 11.5. The summed E-state index contributed by atoms with van der Waals surface area (Å²) < 4.78 is 13.6. The van der Waals surface area contributed by atoms with Crippen molar-refractivity contribution in [2.24, 2.45) is 17.8 Å². The average molecular weight is 332 g/mol. The van der Waals surface area contributed by atoms with E-state index in [-0.39, 0.29) is 36.0 Å². The third-order valence-corrected chi connectivity index (χ3v) is 4.65. The van der Waals surface area contributed by atoms with Gasteiger partial charge >= 0.3 is 0 Å². The van der Waals surface area contributed by atoms with Crippen molar-refractivity contribution in [3.8, 4) is 0 Å². The lowest BCUT2D eigenvalue weighted by Crippen LogP contribution is -2.33. The van der Waals surface area contributed by atoms with Crippen molar-refractivity contribution in [3.63, 3.8) is 0 Å². The molecule has 1 fully saturated rings. The van der Waals surface area contributed by atoms with E-state index < -0.39 is 11.7 Å². The van der Waals surface area contributed by atoms with Gasteiger partial charge < -0.3 is 15.7 Å². The van der Waals surface area contributed by atoms with Gasteiger partial charge in [0, 0.05) is 24.5 Å². The van der Waals surface area contributed by atoms with Gasteiger partial charge in [0.1, 0.15) is 5.82 Å². The Labute approximate surface area is 139 Å². The molecule has 1 saturated carbocycles. The van der Waals surface area contributed by atoms with Gasteiger partial charge in [-0.3, -0.25) is 9.59 Å². The van der Waals surface area contributed by atoms with Crippen LogP contribution in [0.3, 0.4) is 0 Å². The Kier molecular flexibility index (Phi) is 4.66. The number of hydrogen-bond donors (Lipinski definition) is 3. The molecule has 1 aromatic carbocycles. The lowest BCUT2D eigenvalue weighted by Gasteiger charge is -2.15. The molecule has 0 unspecified atom stereocenters. The van der Waals surface area contributed by atoms with Gasteiger partial charge in [-0.05, 0) is 37.0 Å². The van der Waals surface area contributed by atoms with Crippen molar-refractivity contribution >= 4 is 17.5 Å². The summed E-state index contributed by atoms with van der Waals surface area (Å²) >= 11 is 0. The molecule has 4 atom stereocenters. The van der Waals surface area contributed by atoms with Crippen molar-refractivity contribution in [2.45, 2.75) is 25.8 Å². The molecule has 2 aliphatic carbocycles. The van der Waals surface area contributed by atoms with Crippen LogP contribution in [0.5, 0.6) is 0 Å². The van der Waals surface area contributed by atoms with Crippen molar-refractivity contribution in [2.75, 3.05) is 11.9 Å². The summed E-state index contributed by atoms with van der Waals surface area (Å²) in [6, 6.07) is 3.56. The van der Waals surface area contributed by atoms with E-state index in [2.05, 4.69) is 10.6 Å². The molecule has 128 valence electrons. The third-order valence-electron chi connectivity index (χ3n) is 4.65. The van der Waals surface area contributed by atoms with E-state index in [1.165, 1.54) is 12.1 Å². The number of benzene rings is 1. The van der Waals surface area contributed by atoms with Crippen LogP contribution in [0.25, 0.3) is 0 Å². The molecule has 24 heavy (non-hydrogen) atoms. The van der Waals surface area contributed by atoms with Crippen LogP contribution in [0.4, 0.5) is 10.1 Å². The van der Waals surface area contributed by atoms with Crippen LogP contribution in [-0.4, -0.2) is 29.6 Å². The maximum absolute atomic E-state index is 13.6. The van der Waals surface area contributed by atoms with Gasteiger partial charge in [-0.2, -0.15) is 0 Å². The molecule has 0 spiro atoms. The monoisotopic (exact) mass is 332 g/mol. The minimum atomic E-state index is -0.534. The zero-order chi connectivity index (χ0) is 17.3. The first-order valence-corrected chi connectivity index (χ1v) is 8.18. The normalized spacial score (nSPS) is 27.8. The van der Waals surface area contributed by atoms with Gasteiger partial charge in [0.25, 0.3) is 5.91 Å². The number of aliphatic hydroxyl groups is 1. The van der Waals surface area contributed by atoms with Gasteiger partial charge in [0.15, 0.2) is 0 Å². The molecular formula is C18H21FN2O3. The summed E-state index contributed by atoms with van der Waals surface area (Å²) in [6.07, 6.45) is 5.12. The first-order valence-electron chi connectivity index (χ1n) is 8.18. The standard InChI is InChI=1S/C18H21FN2O3/c1-10-6-14(10)17(23)21-16-5-3-12(19)8-15(16)18(24)20-13-4-2-11(7-13)9-22/h2-5,8,10-11,13-14,22H,6-7,9H2,1H3,(H,20,24)(H,21,23)/t10-,11-,13+,14+/m0/s1. The Bertz CT molecular complexity index is 689. The van der Waals surface area contributed by atoms with Crippen LogP contribution in [0, 0.1) is 23.6 Å². The minimum Gasteiger partial charge on any atom is -0.396 e. The Balaban J connectivity index is 1.71. The Morgan fingerprint density at radius 2 is 2.04 bits per heavy atom. The van der Waals surface area contributed by atoms with E-state index in [9.17, 15) is 14.0 Å². The summed E-state index contributed by atoms with van der Waals surface area (Å²) in [5, 5.41) is 14.7. The lowest BCUT2D eigenvalue weighted by molar-refractivity contribution is -0.117. The van der Waals surface area contributed by atoms with Crippen LogP contribution >= 0.6 is 0 Å². The smallest absolute Gasteiger partial charge is 0.253 e. The number of rotatable bonds is 5. The predicted molar refractivity (Wildman–Crippen MR) is 87.9 cm³/mol. The third kappa shape index (κ3) is 3.64. The summed E-state index contributed by atoms with van der Waals surface area (Å²) in [5.41, 5.74) is 0.427. The fourth-order valence-electron chi connectivity index (χ4n) is 2.99. The fraction of sp³-hybridized carbons (Fsp3) is 0.444. The summed E-state index contributed by atoms with van der Waals surface area (Å²) in [5.74, 6) is -0.770. The predicted octanol–water partition coefficient (Wildman–Crippen LogP) is 2.09. The van der Waals surface area contributed by atoms with Gasteiger partial charge in [-0.25, -0.2) is 4.39 Å². The number of anilines is 1. The Morgan fingerprint density at radius 1 is 1.29 bits per heavy atom. The second-order valence-corrected chi connectivity index (χ2v) is 6.64. The number of carbonyl (C=O) groups is 2. The highest BCUT2D eigenvalue weighted by molar-refractivity contribution is 6.04. The highest BCUT2D eigenvalue weighted by Crippen LogP contribution is 2.38. The molecule has 2 amide bonds. The van der Waals surface area contributed by atoms with Crippen LogP contribution in [0.2, 0.25) is 0 Å². The van der Waals surface area contributed by atoms with E-state index >= 15 is 0 Å². The quantitative estimate of drug-likeness (QED) is 0.723. The van der Waals surface area contributed by atoms with Crippen LogP contribution < -0.4 is 10.6 Å². The van der Waals surface area contributed by atoms with Crippen LogP contribution in [0.15, 0.2) is 30.4 Å². The summed E-state index contributed by atoms with van der Waals surface area (Å²) in [6.45, 7) is 2.02. The molecule has 5 nitrogen and oxygen atoms in total. The number of nitrogens with one attached hydrogen (secondary N) is 2. The molecule has 2 aliphatic rings. The van der Waals surface area contributed by atoms with Gasteiger partial charge in [-0.15, -0.1) is 0 Å². The molecule has 1 aromatic rings. The summed E-state index contributed by atoms with van der Waals surface area (Å²) in [4.78, 5) is 24.6. The second-order valence-electron chi connectivity index (χ2n) is 6.64. The number of hydrogen-bond acceptors (Lipinski definition) is 3. The number of amides is 2. The Hall–Kier alpha value is -2.21. The van der Waals surface area contributed by atoms with Crippen molar-refractivity contribution in [3.05, 3.63) is 41.7 Å². The molecule has 3 N–H and O–H groups in total. The minimum absolute atomic E-state index is 0.0262.